The van der Waals surface area contributed by atoms with Gasteiger partial charge in [-0.15, -0.1) is 0 Å². The van der Waals surface area contributed by atoms with Crippen molar-refractivity contribution in [3.63, 3.8) is 0 Å². The van der Waals surface area contributed by atoms with E-state index in [4.69, 9.17) is 10.5 Å². The minimum atomic E-state index is -0.549. The van der Waals surface area contributed by atoms with Gasteiger partial charge in [-0.1, -0.05) is 0 Å². The molecular weight excluding hydrogens is 220 g/mol. The zero-order chi connectivity index (χ0) is 12.4. The molecule has 0 aliphatic rings. The van der Waals surface area contributed by atoms with Gasteiger partial charge in [0.05, 0.1) is 18.2 Å². The van der Waals surface area contributed by atoms with Gasteiger partial charge in [0.25, 0.3) is 5.91 Å². The van der Waals surface area contributed by atoms with Crippen molar-refractivity contribution < 1.29 is 9.53 Å². The second kappa shape index (κ2) is 4.40. The van der Waals surface area contributed by atoms with Crippen molar-refractivity contribution in [3.05, 3.63) is 18.0 Å². The number of ether oxygens (including phenoxy) is 1. The molecule has 0 bridgehead atoms. The van der Waals surface area contributed by atoms with Crippen molar-refractivity contribution in [2.45, 2.75) is 20.4 Å². The maximum absolute atomic E-state index is 11.3. The molecule has 2 aromatic rings. The van der Waals surface area contributed by atoms with Gasteiger partial charge < -0.3 is 10.5 Å². The van der Waals surface area contributed by atoms with Crippen LogP contribution in [0, 0.1) is 0 Å². The first-order chi connectivity index (χ1) is 8.19. The Labute approximate surface area is 98.4 Å². The molecule has 90 valence electrons. The number of carbonyl (C=O) groups is 1. The highest BCUT2D eigenvalue weighted by Crippen LogP contribution is 2.27. The Bertz CT molecular complexity index is 562. The van der Waals surface area contributed by atoms with Crippen LogP contribution in [0.2, 0.25) is 0 Å². The normalized spacial score (nSPS) is 10.7. The number of nitrogens with two attached hydrogens (primary N) is 1. The fourth-order valence-corrected chi connectivity index (χ4v) is 1.71. The summed E-state index contributed by atoms with van der Waals surface area (Å²) >= 11 is 0. The molecule has 0 saturated carbocycles. The smallest absolute Gasteiger partial charge is 0.254 e. The molecule has 0 aromatic carbocycles. The number of aryl methyl sites for hydroxylation is 1. The van der Waals surface area contributed by atoms with Gasteiger partial charge in [0.15, 0.2) is 5.65 Å². The molecule has 2 heterocycles. The maximum atomic E-state index is 11.3. The van der Waals surface area contributed by atoms with E-state index in [0.717, 1.165) is 0 Å². The number of fused-ring (bicyclic) bond motifs is 1. The van der Waals surface area contributed by atoms with Crippen LogP contribution in [-0.4, -0.2) is 27.3 Å². The molecule has 6 nitrogen and oxygen atoms in total. The Morgan fingerprint density at radius 2 is 2.24 bits per heavy atom. The minimum absolute atomic E-state index is 0.287. The third-order valence-electron chi connectivity index (χ3n) is 2.47. The van der Waals surface area contributed by atoms with Crippen LogP contribution in [0.5, 0.6) is 5.75 Å². The summed E-state index contributed by atoms with van der Waals surface area (Å²) in [6.07, 6.45) is 3.08. The van der Waals surface area contributed by atoms with E-state index in [1.54, 1.807) is 10.9 Å². The third kappa shape index (κ3) is 1.82. The van der Waals surface area contributed by atoms with Crippen molar-refractivity contribution >= 4 is 16.9 Å². The lowest BCUT2D eigenvalue weighted by Gasteiger charge is -2.08. The summed E-state index contributed by atoms with van der Waals surface area (Å²) in [5.74, 6) is -0.0863. The summed E-state index contributed by atoms with van der Waals surface area (Å²) in [4.78, 5) is 15.5. The van der Waals surface area contributed by atoms with Crippen molar-refractivity contribution in [3.8, 4) is 5.75 Å². The number of aromatic nitrogens is 3. The number of hydrogen-bond acceptors (Lipinski definition) is 4. The maximum Gasteiger partial charge on any atom is 0.254 e. The van der Waals surface area contributed by atoms with Gasteiger partial charge in [0.2, 0.25) is 0 Å². The van der Waals surface area contributed by atoms with E-state index < -0.39 is 5.91 Å². The fourth-order valence-electron chi connectivity index (χ4n) is 1.71. The molecule has 17 heavy (non-hydrogen) atoms. The van der Waals surface area contributed by atoms with E-state index in [9.17, 15) is 4.79 Å². The van der Waals surface area contributed by atoms with Crippen LogP contribution in [0.1, 0.15) is 24.2 Å². The first kappa shape index (κ1) is 11.4. The second-order valence-electron chi connectivity index (χ2n) is 3.50. The molecule has 0 aliphatic heterocycles. The molecule has 0 unspecified atom stereocenters. The third-order valence-corrected chi connectivity index (χ3v) is 2.47. The van der Waals surface area contributed by atoms with Crippen LogP contribution in [-0.2, 0) is 6.54 Å². The van der Waals surface area contributed by atoms with Crippen molar-refractivity contribution in [2.24, 2.45) is 5.73 Å². The van der Waals surface area contributed by atoms with Gasteiger partial charge in [-0.3, -0.25) is 4.79 Å². The summed E-state index contributed by atoms with van der Waals surface area (Å²) in [7, 11) is 0. The topological polar surface area (TPSA) is 83.0 Å². The lowest BCUT2D eigenvalue weighted by atomic mass is 10.2. The lowest BCUT2D eigenvalue weighted by molar-refractivity contribution is 0.0996. The largest absolute Gasteiger partial charge is 0.492 e. The average Bonchev–Trinajstić information content (AvgIpc) is 2.72. The Balaban J connectivity index is 2.70. The summed E-state index contributed by atoms with van der Waals surface area (Å²) in [5, 5.41) is 4.89. The van der Waals surface area contributed by atoms with Gasteiger partial charge >= 0.3 is 0 Å². The lowest BCUT2D eigenvalue weighted by Crippen LogP contribution is -2.14. The molecule has 0 fully saturated rings. The number of primary amides is 1. The van der Waals surface area contributed by atoms with Crippen LogP contribution < -0.4 is 10.5 Å². The molecule has 0 saturated heterocycles. The van der Waals surface area contributed by atoms with Gasteiger partial charge in [-0.2, -0.15) is 5.10 Å². The number of hydrogen-bond donors (Lipinski definition) is 1. The van der Waals surface area contributed by atoms with Crippen LogP contribution >= 0.6 is 0 Å². The van der Waals surface area contributed by atoms with Crippen LogP contribution in [0.3, 0.4) is 0 Å². The monoisotopic (exact) mass is 234 g/mol. The summed E-state index contributed by atoms with van der Waals surface area (Å²) in [6.45, 7) is 4.98. The Morgan fingerprint density at radius 3 is 2.82 bits per heavy atom. The SMILES string of the molecule is CCOc1c(C(N)=O)cnc2c1cnn2CC. The van der Waals surface area contributed by atoms with Gasteiger partial charge in [0, 0.05) is 12.7 Å². The number of pyridine rings is 1. The quantitative estimate of drug-likeness (QED) is 0.853. The minimum Gasteiger partial charge on any atom is -0.492 e. The van der Waals surface area contributed by atoms with E-state index in [2.05, 4.69) is 10.1 Å². The van der Waals surface area contributed by atoms with E-state index in [1.165, 1.54) is 6.20 Å². The molecule has 2 aromatic heterocycles. The number of nitrogens with zero attached hydrogens (tertiary/aromatic N) is 3. The molecule has 2 rings (SSSR count). The van der Waals surface area contributed by atoms with Gasteiger partial charge in [-0.25, -0.2) is 9.67 Å². The molecule has 6 heteroatoms. The molecule has 0 spiro atoms. The van der Waals surface area contributed by atoms with Crippen LogP contribution in [0.4, 0.5) is 0 Å². The fraction of sp³-hybridized carbons (Fsp3) is 0.364. The molecule has 0 aliphatic carbocycles. The highest BCUT2D eigenvalue weighted by molar-refractivity contribution is 6.00. The van der Waals surface area contributed by atoms with E-state index in [1.807, 2.05) is 13.8 Å². The number of rotatable bonds is 4. The number of carbonyl (C=O) groups excluding carboxylic acids is 1. The zero-order valence-corrected chi connectivity index (χ0v) is 9.80. The van der Waals surface area contributed by atoms with Gasteiger partial charge in [-0.05, 0) is 13.8 Å². The van der Waals surface area contributed by atoms with Crippen molar-refractivity contribution in [2.75, 3.05) is 6.61 Å². The molecule has 0 radical (unpaired) electrons. The van der Waals surface area contributed by atoms with Crippen LogP contribution in [0.25, 0.3) is 11.0 Å². The summed E-state index contributed by atoms with van der Waals surface area (Å²) in [6, 6.07) is 0. The number of amides is 1. The predicted molar refractivity (Wildman–Crippen MR) is 62.9 cm³/mol. The second-order valence-corrected chi connectivity index (χ2v) is 3.50. The first-order valence-electron chi connectivity index (χ1n) is 5.46. The molecular formula is C11H14N4O2. The highest BCUT2D eigenvalue weighted by Gasteiger charge is 2.16. The summed E-state index contributed by atoms with van der Waals surface area (Å²) in [5.41, 5.74) is 6.27. The predicted octanol–water partition coefficient (Wildman–Crippen LogP) is 0.949. The van der Waals surface area contributed by atoms with Crippen molar-refractivity contribution in [1.82, 2.24) is 14.8 Å². The molecule has 1 amide bonds. The molecule has 2 N–H and O–H groups in total. The molecule has 0 atom stereocenters. The Kier molecular flexibility index (Phi) is 2.95. The van der Waals surface area contributed by atoms with Gasteiger partial charge in [0.1, 0.15) is 11.3 Å². The standard InChI is InChI=1S/C11H14N4O2/c1-3-15-11-8(6-14-15)9(17-4-2)7(5-13-11)10(12)16/h5-6H,3-4H2,1-2H3,(H2,12,16). The zero-order valence-electron chi connectivity index (χ0n) is 9.80. The van der Waals surface area contributed by atoms with Crippen molar-refractivity contribution in [1.29, 1.82) is 0 Å². The highest BCUT2D eigenvalue weighted by atomic mass is 16.5. The summed E-state index contributed by atoms with van der Waals surface area (Å²) < 4.78 is 7.21. The first-order valence-corrected chi connectivity index (χ1v) is 5.46. The van der Waals surface area contributed by atoms with E-state index in [-0.39, 0.29) is 5.56 Å². The Hall–Kier alpha value is -2.11. The van der Waals surface area contributed by atoms with Crippen LogP contribution in [0.15, 0.2) is 12.4 Å². The van der Waals surface area contributed by atoms with E-state index >= 15 is 0 Å². The van der Waals surface area contributed by atoms with E-state index in [0.29, 0.717) is 29.9 Å². The Morgan fingerprint density at radius 1 is 1.47 bits per heavy atom. The average molecular weight is 234 g/mol.